The molecule has 7 heteroatoms. The van der Waals surface area contributed by atoms with E-state index in [9.17, 15) is 4.79 Å². The highest BCUT2D eigenvalue weighted by Crippen LogP contribution is 2.13. The number of nitrogens with zero attached hydrogens (tertiary/aromatic N) is 3. The highest BCUT2D eigenvalue weighted by molar-refractivity contribution is 6.29. The Kier molecular flexibility index (Phi) is 3.47. The highest BCUT2D eigenvalue weighted by atomic mass is 35.5. The van der Waals surface area contributed by atoms with Crippen molar-refractivity contribution in [3.05, 3.63) is 41.2 Å². The lowest BCUT2D eigenvalue weighted by molar-refractivity contribution is 0.0690. The normalized spacial score (nSPS) is 10.3. The van der Waals surface area contributed by atoms with Crippen LogP contribution in [0.1, 0.15) is 16.3 Å². The number of pyridine rings is 1. The standard InChI is InChI=1S/C11H10ClN3O3/c1-15-9(12)5-14-10(15)6-18-7-2-3-8(11(16)17)13-4-7/h2-5H,6H2,1H3,(H,16,17). The van der Waals surface area contributed by atoms with E-state index in [1.54, 1.807) is 17.7 Å². The molecule has 0 unspecified atom stereocenters. The maximum atomic E-state index is 10.6. The molecule has 0 aromatic carbocycles. The maximum Gasteiger partial charge on any atom is 0.354 e. The number of imidazole rings is 1. The molecule has 0 spiro atoms. The van der Waals surface area contributed by atoms with Crippen LogP contribution in [-0.4, -0.2) is 25.6 Å². The molecule has 0 saturated heterocycles. The van der Waals surface area contributed by atoms with E-state index in [-0.39, 0.29) is 12.3 Å². The summed E-state index contributed by atoms with van der Waals surface area (Å²) in [6, 6.07) is 2.92. The fourth-order valence-corrected chi connectivity index (χ4v) is 1.44. The zero-order valence-electron chi connectivity index (χ0n) is 9.50. The van der Waals surface area contributed by atoms with Crippen LogP contribution < -0.4 is 4.74 Å². The average Bonchev–Trinajstić information content (AvgIpc) is 2.68. The van der Waals surface area contributed by atoms with Crippen LogP contribution in [0.3, 0.4) is 0 Å². The molecule has 0 bridgehead atoms. The van der Waals surface area contributed by atoms with Crippen LogP contribution in [0.5, 0.6) is 5.75 Å². The first kappa shape index (κ1) is 12.4. The topological polar surface area (TPSA) is 77.2 Å². The molecule has 18 heavy (non-hydrogen) atoms. The Hall–Kier alpha value is -2.08. The molecule has 0 aliphatic carbocycles. The van der Waals surface area contributed by atoms with Gasteiger partial charge in [0.2, 0.25) is 0 Å². The molecule has 0 aliphatic rings. The SMILES string of the molecule is Cn1c(Cl)cnc1COc1ccc(C(=O)O)nc1. The molecule has 0 atom stereocenters. The van der Waals surface area contributed by atoms with Crippen molar-refractivity contribution >= 4 is 17.6 Å². The smallest absolute Gasteiger partial charge is 0.354 e. The highest BCUT2D eigenvalue weighted by Gasteiger charge is 2.07. The van der Waals surface area contributed by atoms with E-state index in [4.69, 9.17) is 21.4 Å². The molecule has 0 fully saturated rings. The van der Waals surface area contributed by atoms with Gasteiger partial charge in [-0.25, -0.2) is 14.8 Å². The number of hydrogen-bond donors (Lipinski definition) is 1. The Morgan fingerprint density at radius 2 is 2.22 bits per heavy atom. The van der Waals surface area contributed by atoms with Gasteiger partial charge in [-0.05, 0) is 12.1 Å². The van der Waals surface area contributed by atoms with Crippen LogP contribution in [0.15, 0.2) is 24.5 Å². The number of carbonyl (C=O) groups is 1. The fraction of sp³-hybridized carbons (Fsp3) is 0.182. The minimum atomic E-state index is -1.07. The number of ether oxygens (including phenoxy) is 1. The number of aromatic nitrogens is 3. The lowest BCUT2D eigenvalue weighted by Crippen LogP contribution is -2.04. The summed E-state index contributed by atoms with van der Waals surface area (Å²) in [7, 11) is 1.78. The molecule has 0 saturated carbocycles. The Balaban J connectivity index is 2.02. The monoisotopic (exact) mass is 267 g/mol. The van der Waals surface area contributed by atoms with Crippen LogP contribution in [-0.2, 0) is 13.7 Å². The van der Waals surface area contributed by atoms with E-state index >= 15 is 0 Å². The van der Waals surface area contributed by atoms with Gasteiger partial charge in [-0.2, -0.15) is 0 Å². The second-order valence-electron chi connectivity index (χ2n) is 3.53. The minimum absolute atomic E-state index is 0.0256. The van der Waals surface area contributed by atoms with Gasteiger partial charge in [-0.3, -0.25) is 0 Å². The van der Waals surface area contributed by atoms with Crippen molar-refractivity contribution in [3.8, 4) is 5.75 Å². The molecule has 2 rings (SSSR count). The second kappa shape index (κ2) is 5.05. The molecule has 2 aromatic heterocycles. The van der Waals surface area contributed by atoms with Crippen molar-refractivity contribution < 1.29 is 14.6 Å². The fourth-order valence-electron chi connectivity index (χ4n) is 1.30. The van der Waals surface area contributed by atoms with Crippen molar-refractivity contribution in [1.82, 2.24) is 14.5 Å². The summed E-state index contributed by atoms with van der Waals surface area (Å²) in [5.41, 5.74) is -0.0256. The Bertz CT molecular complexity index is 565. The number of rotatable bonds is 4. The predicted molar refractivity (Wildman–Crippen MR) is 63.7 cm³/mol. The number of carboxylic acids is 1. The maximum absolute atomic E-state index is 10.6. The molecular formula is C11H10ClN3O3. The molecule has 0 aliphatic heterocycles. The van der Waals surface area contributed by atoms with Gasteiger partial charge in [0.15, 0.2) is 0 Å². The van der Waals surface area contributed by atoms with Gasteiger partial charge in [0.05, 0.1) is 12.4 Å². The Morgan fingerprint density at radius 3 is 2.72 bits per heavy atom. The minimum Gasteiger partial charge on any atom is -0.484 e. The van der Waals surface area contributed by atoms with E-state index in [2.05, 4.69) is 9.97 Å². The molecule has 0 amide bonds. The van der Waals surface area contributed by atoms with Gasteiger partial charge in [0.25, 0.3) is 0 Å². The second-order valence-corrected chi connectivity index (χ2v) is 3.92. The van der Waals surface area contributed by atoms with E-state index in [1.165, 1.54) is 18.5 Å². The van der Waals surface area contributed by atoms with Gasteiger partial charge in [0, 0.05) is 7.05 Å². The largest absolute Gasteiger partial charge is 0.484 e. The number of halogens is 1. The zero-order chi connectivity index (χ0) is 13.1. The van der Waals surface area contributed by atoms with E-state index in [0.29, 0.717) is 16.7 Å². The lowest BCUT2D eigenvalue weighted by atomic mass is 10.3. The lowest BCUT2D eigenvalue weighted by Gasteiger charge is -2.06. The van der Waals surface area contributed by atoms with Gasteiger partial charge >= 0.3 is 5.97 Å². The summed E-state index contributed by atoms with van der Waals surface area (Å²) in [4.78, 5) is 18.4. The molecule has 2 aromatic rings. The number of carboxylic acid groups (broad SMARTS) is 1. The Labute approximate surface area is 108 Å². The number of hydrogen-bond acceptors (Lipinski definition) is 4. The summed E-state index contributed by atoms with van der Waals surface area (Å²) in [6.45, 7) is 0.233. The number of aromatic carboxylic acids is 1. The zero-order valence-corrected chi connectivity index (χ0v) is 10.3. The van der Waals surface area contributed by atoms with Crippen molar-refractivity contribution in [2.24, 2.45) is 7.05 Å². The first-order valence-corrected chi connectivity index (χ1v) is 5.44. The van der Waals surface area contributed by atoms with Gasteiger partial charge in [-0.15, -0.1) is 0 Å². The van der Waals surface area contributed by atoms with Crippen LogP contribution in [0.4, 0.5) is 0 Å². The quantitative estimate of drug-likeness (QED) is 0.913. The van der Waals surface area contributed by atoms with E-state index in [0.717, 1.165) is 0 Å². The third-order valence-corrected chi connectivity index (χ3v) is 2.70. The van der Waals surface area contributed by atoms with Gasteiger partial charge in [-0.1, -0.05) is 11.6 Å². The van der Waals surface area contributed by atoms with Crippen molar-refractivity contribution in [2.45, 2.75) is 6.61 Å². The summed E-state index contributed by atoms with van der Waals surface area (Å²) in [5, 5.41) is 9.21. The average molecular weight is 268 g/mol. The molecular weight excluding hydrogens is 258 g/mol. The van der Waals surface area contributed by atoms with Crippen LogP contribution in [0.2, 0.25) is 5.15 Å². The summed E-state index contributed by atoms with van der Waals surface area (Å²) in [5.74, 6) is 0.0684. The summed E-state index contributed by atoms with van der Waals surface area (Å²) >= 11 is 5.83. The molecule has 94 valence electrons. The van der Waals surface area contributed by atoms with Gasteiger partial charge < -0.3 is 14.4 Å². The predicted octanol–water partition coefficient (Wildman–Crippen LogP) is 1.75. The van der Waals surface area contributed by atoms with Crippen molar-refractivity contribution in [2.75, 3.05) is 0 Å². The Morgan fingerprint density at radius 1 is 1.44 bits per heavy atom. The molecule has 0 radical (unpaired) electrons. The van der Waals surface area contributed by atoms with Crippen molar-refractivity contribution in [3.63, 3.8) is 0 Å². The van der Waals surface area contributed by atoms with Crippen LogP contribution in [0, 0.1) is 0 Å². The third-order valence-electron chi connectivity index (χ3n) is 2.35. The van der Waals surface area contributed by atoms with E-state index < -0.39 is 5.97 Å². The third kappa shape index (κ3) is 2.60. The molecule has 6 nitrogen and oxygen atoms in total. The van der Waals surface area contributed by atoms with Crippen LogP contribution in [0.25, 0.3) is 0 Å². The van der Waals surface area contributed by atoms with Crippen LogP contribution >= 0.6 is 11.6 Å². The summed E-state index contributed by atoms with van der Waals surface area (Å²) in [6.07, 6.45) is 2.89. The molecule has 2 heterocycles. The summed E-state index contributed by atoms with van der Waals surface area (Å²) < 4.78 is 7.12. The first-order chi connectivity index (χ1) is 8.58. The molecule has 1 N–H and O–H groups in total. The van der Waals surface area contributed by atoms with Gasteiger partial charge in [0.1, 0.15) is 29.0 Å². The van der Waals surface area contributed by atoms with E-state index in [1.807, 2.05) is 0 Å². The van der Waals surface area contributed by atoms with Crippen molar-refractivity contribution in [1.29, 1.82) is 0 Å². The first-order valence-electron chi connectivity index (χ1n) is 5.06.